The molecule has 0 saturated heterocycles. The second kappa shape index (κ2) is 9.18. The van der Waals surface area contributed by atoms with Gasteiger partial charge >= 0.3 is 0 Å². The lowest BCUT2D eigenvalue weighted by Crippen LogP contribution is -2.18. The number of hydrogen-bond donors (Lipinski definition) is 2. The predicted molar refractivity (Wildman–Crippen MR) is 115 cm³/mol. The molecule has 4 nitrogen and oxygen atoms in total. The molecule has 1 unspecified atom stereocenters. The maximum atomic E-state index is 8.82. The molecule has 1 atom stereocenters. The normalized spacial score (nSPS) is 11.7. The van der Waals surface area contributed by atoms with E-state index in [2.05, 4.69) is 43.2 Å². The number of nitrogens with one attached hydrogen (secondary N) is 2. The Hall–Kier alpha value is -3.14. The molecule has 28 heavy (non-hydrogen) atoms. The number of hydrogen-bond acceptors (Lipinski definition) is 4. The van der Waals surface area contributed by atoms with Crippen molar-refractivity contribution in [2.24, 2.45) is 0 Å². The summed E-state index contributed by atoms with van der Waals surface area (Å²) < 4.78 is 6.11. The fraction of sp³-hybridized carbons (Fsp3) is 0.250. The molecular weight excluding hydrogens is 346 g/mol. The van der Waals surface area contributed by atoms with Crippen LogP contribution in [-0.4, -0.2) is 16.7 Å². The average Bonchev–Trinajstić information content (AvgIpc) is 2.73. The van der Waals surface area contributed by atoms with Crippen molar-refractivity contribution in [2.75, 3.05) is 5.32 Å². The Labute approximate surface area is 167 Å². The standard InChI is InChI=1S/C24H27N3O/c1-4-18(3)27-24-21(13-9-15-26-24)23(25)20-12-7-8-14-22(20)28-16-19-11-6-5-10-17(19)2/h5-15,18,25H,4,16H2,1-3H3,(H,26,27). The van der Waals surface area contributed by atoms with E-state index in [1.165, 1.54) is 5.56 Å². The fourth-order valence-corrected chi connectivity index (χ4v) is 2.93. The van der Waals surface area contributed by atoms with Crippen molar-refractivity contribution in [1.29, 1.82) is 5.41 Å². The van der Waals surface area contributed by atoms with Crippen LogP contribution in [0.4, 0.5) is 5.82 Å². The van der Waals surface area contributed by atoms with Gasteiger partial charge in [0.05, 0.1) is 5.71 Å². The molecule has 3 aromatic rings. The summed E-state index contributed by atoms with van der Waals surface area (Å²) in [6, 6.07) is 20.0. The highest BCUT2D eigenvalue weighted by Gasteiger charge is 2.16. The summed E-state index contributed by atoms with van der Waals surface area (Å²) in [6.45, 7) is 6.79. The number of anilines is 1. The maximum absolute atomic E-state index is 8.82. The van der Waals surface area contributed by atoms with Crippen molar-refractivity contribution in [3.05, 3.63) is 89.1 Å². The number of para-hydroxylation sites is 1. The Bertz CT molecular complexity index is 952. The second-order valence-electron chi connectivity index (χ2n) is 6.94. The summed E-state index contributed by atoms with van der Waals surface area (Å²) in [5, 5.41) is 12.2. The van der Waals surface area contributed by atoms with Gasteiger partial charge in [0.2, 0.25) is 0 Å². The third kappa shape index (κ3) is 4.58. The minimum absolute atomic E-state index is 0.286. The summed E-state index contributed by atoms with van der Waals surface area (Å²) in [5.74, 6) is 1.43. The van der Waals surface area contributed by atoms with Crippen LogP contribution in [0.1, 0.15) is 42.5 Å². The van der Waals surface area contributed by atoms with E-state index >= 15 is 0 Å². The first-order valence-electron chi connectivity index (χ1n) is 9.67. The van der Waals surface area contributed by atoms with Gasteiger partial charge in [-0.05, 0) is 55.7 Å². The summed E-state index contributed by atoms with van der Waals surface area (Å²) in [4.78, 5) is 4.46. The van der Waals surface area contributed by atoms with E-state index in [4.69, 9.17) is 10.1 Å². The van der Waals surface area contributed by atoms with Gasteiger partial charge in [0, 0.05) is 23.4 Å². The molecule has 0 aliphatic heterocycles. The van der Waals surface area contributed by atoms with Gasteiger partial charge in [0.15, 0.2) is 0 Å². The third-order valence-electron chi connectivity index (χ3n) is 4.87. The van der Waals surface area contributed by atoms with E-state index < -0.39 is 0 Å². The van der Waals surface area contributed by atoms with Crippen LogP contribution in [0.3, 0.4) is 0 Å². The van der Waals surface area contributed by atoms with Crippen LogP contribution in [0.2, 0.25) is 0 Å². The number of aromatic nitrogens is 1. The number of benzene rings is 2. The zero-order valence-electron chi connectivity index (χ0n) is 16.7. The molecule has 1 heterocycles. The number of nitrogens with zero attached hydrogens (tertiary/aromatic N) is 1. The highest BCUT2D eigenvalue weighted by molar-refractivity contribution is 6.15. The molecule has 0 amide bonds. The first kappa shape index (κ1) is 19.6. The number of rotatable bonds is 8. The topological polar surface area (TPSA) is 58.0 Å². The molecule has 4 heteroatoms. The van der Waals surface area contributed by atoms with Crippen molar-refractivity contribution in [3.8, 4) is 5.75 Å². The number of pyridine rings is 1. The van der Waals surface area contributed by atoms with Gasteiger partial charge in [0.25, 0.3) is 0 Å². The van der Waals surface area contributed by atoms with Crippen molar-refractivity contribution < 1.29 is 4.74 Å². The van der Waals surface area contributed by atoms with E-state index in [0.717, 1.165) is 28.9 Å². The molecule has 0 aliphatic rings. The lowest BCUT2D eigenvalue weighted by Gasteiger charge is -2.18. The van der Waals surface area contributed by atoms with Crippen molar-refractivity contribution in [1.82, 2.24) is 4.98 Å². The van der Waals surface area contributed by atoms with Gasteiger partial charge in [-0.15, -0.1) is 0 Å². The predicted octanol–water partition coefficient (Wildman–Crippen LogP) is 5.60. The monoisotopic (exact) mass is 373 g/mol. The molecule has 2 aromatic carbocycles. The lowest BCUT2D eigenvalue weighted by molar-refractivity contribution is 0.305. The van der Waals surface area contributed by atoms with Gasteiger partial charge in [-0.3, -0.25) is 5.41 Å². The van der Waals surface area contributed by atoms with Crippen molar-refractivity contribution in [2.45, 2.75) is 39.8 Å². The largest absolute Gasteiger partial charge is 0.488 e. The van der Waals surface area contributed by atoms with Crippen LogP contribution in [0.15, 0.2) is 66.9 Å². The van der Waals surface area contributed by atoms with Gasteiger partial charge in [0.1, 0.15) is 18.2 Å². The summed E-state index contributed by atoms with van der Waals surface area (Å²) >= 11 is 0. The minimum atomic E-state index is 0.286. The van der Waals surface area contributed by atoms with Crippen LogP contribution in [-0.2, 0) is 6.61 Å². The van der Waals surface area contributed by atoms with Crippen molar-refractivity contribution in [3.63, 3.8) is 0 Å². The van der Waals surface area contributed by atoms with E-state index in [-0.39, 0.29) is 6.04 Å². The molecule has 3 rings (SSSR count). The lowest BCUT2D eigenvalue weighted by atomic mass is 10.0. The van der Waals surface area contributed by atoms with E-state index in [1.807, 2.05) is 48.5 Å². The molecule has 0 radical (unpaired) electrons. The summed E-state index contributed by atoms with van der Waals surface area (Å²) in [6.07, 6.45) is 2.74. The van der Waals surface area contributed by atoms with Gasteiger partial charge in [-0.1, -0.05) is 43.3 Å². The first-order chi connectivity index (χ1) is 13.6. The molecule has 1 aromatic heterocycles. The zero-order valence-corrected chi connectivity index (χ0v) is 16.7. The van der Waals surface area contributed by atoms with Gasteiger partial charge in [-0.2, -0.15) is 0 Å². The van der Waals surface area contributed by atoms with Crippen LogP contribution in [0.25, 0.3) is 0 Å². The molecule has 0 fully saturated rings. The van der Waals surface area contributed by atoms with Gasteiger partial charge < -0.3 is 10.1 Å². The Balaban J connectivity index is 1.87. The fourth-order valence-electron chi connectivity index (χ4n) is 2.93. The molecule has 0 spiro atoms. The molecule has 2 N–H and O–H groups in total. The number of aryl methyl sites for hydroxylation is 1. The van der Waals surface area contributed by atoms with Crippen LogP contribution in [0.5, 0.6) is 5.75 Å². The van der Waals surface area contributed by atoms with E-state index in [1.54, 1.807) is 6.20 Å². The number of ether oxygens (including phenoxy) is 1. The molecule has 144 valence electrons. The highest BCUT2D eigenvalue weighted by atomic mass is 16.5. The highest BCUT2D eigenvalue weighted by Crippen LogP contribution is 2.26. The Morgan fingerprint density at radius 2 is 1.75 bits per heavy atom. The minimum Gasteiger partial charge on any atom is -0.488 e. The Morgan fingerprint density at radius 3 is 2.54 bits per heavy atom. The van der Waals surface area contributed by atoms with Gasteiger partial charge in [-0.25, -0.2) is 4.98 Å². The maximum Gasteiger partial charge on any atom is 0.135 e. The third-order valence-corrected chi connectivity index (χ3v) is 4.87. The first-order valence-corrected chi connectivity index (χ1v) is 9.67. The molecule has 0 aliphatic carbocycles. The Kier molecular flexibility index (Phi) is 6.43. The van der Waals surface area contributed by atoms with E-state index in [0.29, 0.717) is 18.1 Å². The van der Waals surface area contributed by atoms with Crippen molar-refractivity contribution >= 4 is 11.5 Å². The molecular formula is C24H27N3O. The van der Waals surface area contributed by atoms with Crippen LogP contribution in [0, 0.1) is 12.3 Å². The summed E-state index contributed by atoms with van der Waals surface area (Å²) in [7, 11) is 0. The zero-order chi connectivity index (χ0) is 19.9. The Morgan fingerprint density at radius 1 is 1.04 bits per heavy atom. The molecule has 0 bridgehead atoms. The SMILES string of the molecule is CCC(C)Nc1ncccc1C(=N)c1ccccc1OCc1ccccc1C. The van der Waals surface area contributed by atoms with Crippen LogP contribution < -0.4 is 10.1 Å². The quantitative estimate of drug-likeness (QED) is 0.506. The van der Waals surface area contributed by atoms with Crippen LogP contribution >= 0.6 is 0 Å². The second-order valence-corrected chi connectivity index (χ2v) is 6.94. The summed E-state index contributed by atoms with van der Waals surface area (Å²) in [5.41, 5.74) is 4.28. The van der Waals surface area contributed by atoms with E-state index in [9.17, 15) is 0 Å². The molecule has 0 saturated carbocycles. The smallest absolute Gasteiger partial charge is 0.135 e. The average molecular weight is 374 g/mol.